The van der Waals surface area contributed by atoms with Gasteiger partial charge in [0.05, 0.1) is 6.61 Å². The van der Waals surface area contributed by atoms with Gasteiger partial charge in [0.15, 0.2) is 0 Å². The Balaban J connectivity index is 2.66. The monoisotopic (exact) mass is 169 g/mol. The van der Waals surface area contributed by atoms with Crippen LogP contribution in [-0.2, 0) is 0 Å². The van der Waals surface area contributed by atoms with Gasteiger partial charge in [-0.2, -0.15) is 0 Å². The second-order valence-corrected chi connectivity index (χ2v) is 3.23. The predicted octanol–water partition coefficient (Wildman–Crippen LogP) is 0.716. The van der Waals surface area contributed by atoms with Crippen LogP contribution in [0, 0.1) is 5.41 Å². The van der Waals surface area contributed by atoms with Gasteiger partial charge < -0.3 is 15.9 Å². The van der Waals surface area contributed by atoms with Gasteiger partial charge in [-0.05, 0) is 31.5 Å². The number of hydrogen-bond donors (Lipinski definition) is 3. The average molecular weight is 169 g/mol. The minimum atomic E-state index is -0.235. The summed E-state index contributed by atoms with van der Waals surface area (Å²) in [5.41, 5.74) is 5.19. The van der Waals surface area contributed by atoms with E-state index in [-0.39, 0.29) is 17.8 Å². The molecule has 4 N–H and O–H groups in total. The van der Waals surface area contributed by atoms with Gasteiger partial charge in [-0.1, -0.05) is 6.08 Å². The van der Waals surface area contributed by atoms with E-state index >= 15 is 0 Å². The molecule has 1 aliphatic rings. The van der Waals surface area contributed by atoms with Crippen LogP contribution in [0.4, 0.5) is 0 Å². The highest BCUT2D eigenvalue weighted by atomic mass is 16.3. The van der Waals surface area contributed by atoms with Gasteiger partial charge in [0.25, 0.3) is 0 Å². The molecule has 3 nitrogen and oxygen atoms in total. The molecule has 0 saturated carbocycles. The second kappa shape index (κ2) is 3.74. The molecule has 0 spiro atoms. The van der Waals surface area contributed by atoms with Crippen LogP contribution in [0.3, 0.4) is 0 Å². The van der Waals surface area contributed by atoms with Crippen molar-refractivity contribution in [2.24, 2.45) is 11.1 Å². The van der Waals surface area contributed by atoms with Crippen LogP contribution < -0.4 is 5.73 Å². The van der Waals surface area contributed by atoms with Crippen molar-refractivity contribution in [1.29, 1.82) is 0 Å². The van der Waals surface area contributed by atoms with Crippen molar-refractivity contribution in [3.05, 3.63) is 24.0 Å². The molecule has 0 heterocycles. The van der Waals surface area contributed by atoms with Crippen LogP contribution >= 0.6 is 0 Å². The number of aliphatic hydroxyl groups is 2. The van der Waals surface area contributed by atoms with Crippen molar-refractivity contribution >= 4 is 0 Å². The molecule has 0 saturated heterocycles. The van der Waals surface area contributed by atoms with Crippen LogP contribution in [0.5, 0.6) is 0 Å². The summed E-state index contributed by atoms with van der Waals surface area (Å²) in [5.74, 6) is 0.274. The molecule has 0 aromatic rings. The van der Waals surface area contributed by atoms with Crippen molar-refractivity contribution in [2.75, 3.05) is 13.2 Å². The summed E-state index contributed by atoms with van der Waals surface area (Å²) >= 11 is 0. The van der Waals surface area contributed by atoms with Gasteiger partial charge in [0.2, 0.25) is 0 Å². The number of nitrogens with two attached hydrogens (primary N) is 1. The van der Waals surface area contributed by atoms with Crippen LogP contribution in [0.1, 0.15) is 12.8 Å². The first kappa shape index (κ1) is 9.29. The Morgan fingerprint density at radius 2 is 2.33 bits per heavy atom. The third-order valence-corrected chi connectivity index (χ3v) is 2.28. The summed E-state index contributed by atoms with van der Waals surface area (Å²) in [6, 6.07) is 0. The maximum Gasteiger partial charge on any atom is 0.111 e. The zero-order valence-electron chi connectivity index (χ0n) is 7.03. The van der Waals surface area contributed by atoms with E-state index in [4.69, 9.17) is 15.9 Å². The van der Waals surface area contributed by atoms with Crippen LogP contribution in [-0.4, -0.2) is 23.4 Å². The molecule has 0 aromatic carbocycles. The molecular weight excluding hydrogens is 154 g/mol. The van der Waals surface area contributed by atoms with Crippen LogP contribution in [0.2, 0.25) is 0 Å². The van der Waals surface area contributed by atoms with Gasteiger partial charge in [-0.3, -0.25) is 0 Å². The lowest BCUT2D eigenvalue weighted by Crippen LogP contribution is -2.27. The van der Waals surface area contributed by atoms with Gasteiger partial charge >= 0.3 is 0 Å². The summed E-state index contributed by atoms with van der Waals surface area (Å²) in [4.78, 5) is 0. The molecule has 1 rings (SSSR count). The molecule has 0 aromatic heterocycles. The first-order valence-corrected chi connectivity index (χ1v) is 4.12. The normalized spacial score (nSPS) is 28.7. The Kier molecular flexibility index (Phi) is 2.89. The maximum absolute atomic E-state index is 9.14. The highest BCUT2D eigenvalue weighted by molar-refractivity contribution is 5.21. The molecule has 1 unspecified atom stereocenters. The van der Waals surface area contributed by atoms with Crippen molar-refractivity contribution in [2.45, 2.75) is 12.8 Å². The Labute approximate surface area is 72.2 Å². The van der Waals surface area contributed by atoms with E-state index in [0.717, 1.165) is 6.42 Å². The van der Waals surface area contributed by atoms with E-state index < -0.39 is 0 Å². The summed E-state index contributed by atoms with van der Waals surface area (Å²) in [5, 5.41) is 18.2. The first-order chi connectivity index (χ1) is 5.72. The zero-order chi connectivity index (χ0) is 9.03. The third-order valence-electron chi connectivity index (χ3n) is 2.28. The number of allylic oxidation sites excluding steroid dienone is 2. The molecule has 1 aliphatic carbocycles. The Hall–Kier alpha value is -0.800. The lowest BCUT2D eigenvalue weighted by molar-refractivity contribution is 0.160. The molecule has 3 heteroatoms. The highest BCUT2D eigenvalue weighted by Crippen LogP contribution is 2.31. The minimum Gasteiger partial charge on any atom is -0.508 e. The van der Waals surface area contributed by atoms with Gasteiger partial charge in [0, 0.05) is 5.41 Å². The summed E-state index contributed by atoms with van der Waals surface area (Å²) < 4.78 is 0. The number of rotatable bonds is 3. The van der Waals surface area contributed by atoms with E-state index in [1.165, 1.54) is 0 Å². The standard InChI is InChI=1S/C9H15NO2/c10-6-5-9(7-11)3-1-8(12)2-4-9/h1-3,11-12H,4-7,10H2. The maximum atomic E-state index is 9.14. The molecule has 0 aliphatic heterocycles. The molecule has 68 valence electrons. The SMILES string of the molecule is NCCC1(CO)C=CC(O)=CC1. The Morgan fingerprint density at radius 3 is 2.75 bits per heavy atom. The van der Waals surface area contributed by atoms with Gasteiger partial charge in [-0.15, -0.1) is 0 Å². The Morgan fingerprint density at radius 1 is 1.58 bits per heavy atom. The average Bonchev–Trinajstić information content (AvgIpc) is 2.10. The summed E-state index contributed by atoms with van der Waals surface area (Å²) in [7, 11) is 0. The number of hydrogen-bond acceptors (Lipinski definition) is 3. The van der Waals surface area contributed by atoms with E-state index in [1.807, 2.05) is 6.08 Å². The molecule has 0 fully saturated rings. The fourth-order valence-electron chi connectivity index (χ4n) is 1.38. The lowest BCUT2D eigenvalue weighted by atomic mass is 9.79. The van der Waals surface area contributed by atoms with Gasteiger partial charge in [-0.25, -0.2) is 0 Å². The van der Waals surface area contributed by atoms with Crippen molar-refractivity contribution in [1.82, 2.24) is 0 Å². The fraction of sp³-hybridized carbons (Fsp3) is 0.556. The summed E-state index contributed by atoms with van der Waals surface area (Å²) in [6.45, 7) is 0.643. The third kappa shape index (κ3) is 1.87. The predicted molar refractivity (Wildman–Crippen MR) is 47.7 cm³/mol. The topological polar surface area (TPSA) is 66.5 Å². The molecule has 0 bridgehead atoms. The van der Waals surface area contributed by atoms with E-state index in [1.54, 1.807) is 12.2 Å². The number of aliphatic hydroxyl groups excluding tert-OH is 2. The fourth-order valence-corrected chi connectivity index (χ4v) is 1.38. The zero-order valence-corrected chi connectivity index (χ0v) is 7.03. The molecule has 12 heavy (non-hydrogen) atoms. The molecule has 0 radical (unpaired) electrons. The smallest absolute Gasteiger partial charge is 0.111 e. The quantitative estimate of drug-likeness (QED) is 0.583. The lowest BCUT2D eigenvalue weighted by Gasteiger charge is -2.28. The highest BCUT2D eigenvalue weighted by Gasteiger charge is 2.26. The Bertz CT molecular complexity index is 211. The molecule has 1 atom stereocenters. The van der Waals surface area contributed by atoms with E-state index in [2.05, 4.69) is 0 Å². The van der Waals surface area contributed by atoms with Crippen molar-refractivity contribution < 1.29 is 10.2 Å². The first-order valence-electron chi connectivity index (χ1n) is 4.12. The largest absolute Gasteiger partial charge is 0.508 e. The van der Waals surface area contributed by atoms with E-state index in [0.29, 0.717) is 13.0 Å². The van der Waals surface area contributed by atoms with Crippen molar-refractivity contribution in [3.63, 3.8) is 0 Å². The molecular formula is C9H15NO2. The minimum absolute atomic E-state index is 0.0878. The van der Waals surface area contributed by atoms with Gasteiger partial charge in [0.1, 0.15) is 5.76 Å². The second-order valence-electron chi connectivity index (χ2n) is 3.23. The van der Waals surface area contributed by atoms with E-state index in [9.17, 15) is 0 Å². The molecule has 0 amide bonds. The summed E-state index contributed by atoms with van der Waals surface area (Å²) in [6.07, 6.45) is 6.60. The van der Waals surface area contributed by atoms with Crippen LogP contribution in [0.25, 0.3) is 0 Å². The van der Waals surface area contributed by atoms with Crippen LogP contribution in [0.15, 0.2) is 24.0 Å². The van der Waals surface area contributed by atoms with Crippen molar-refractivity contribution in [3.8, 4) is 0 Å².